The number of benzene rings is 1. The first kappa shape index (κ1) is 11.1. The Hall–Kier alpha value is -1.02. The fourth-order valence-electron chi connectivity index (χ4n) is 1.73. The van der Waals surface area contributed by atoms with E-state index in [1.807, 2.05) is 18.2 Å². The van der Waals surface area contributed by atoms with E-state index in [0.717, 1.165) is 25.0 Å². The van der Waals surface area contributed by atoms with Crippen LogP contribution in [0.3, 0.4) is 0 Å². The van der Waals surface area contributed by atoms with Crippen molar-refractivity contribution in [1.29, 1.82) is 0 Å². The van der Waals surface area contributed by atoms with Crippen LogP contribution in [0, 0.1) is 0 Å². The predicted molar refractivity (Wildman–Crippen MR) is 59.7 cm³/mol. The van der Waals surface area contributed by atoms with Crippen LogP contribution >= 0.6 is 0 Å². The summed E-state index contributed by atoms with van der Waals surface area (Å²) in [6, 6.07) is 8.27. The molecule has 0 aliphatic carbocycles. The van der Waals surface area contributed by atoms with E-state index in [9.17, 15) is 0 Å². The molecule has 1 aliphatic rings. The lowest BCUT2D eigenvalue weighted by atomic mass is 10.0. The van der Waals surface area contributed by atoms with Gasteiger partial charge in [0.15, 0.2) is 0 Å². The predicted octanol–water partition coefficient (Wildman–Crippen LogP) is 2.58. The number of fused-ring (bicyclic) bond motifs is 1. The second kappa shape index (κ2) is 5.01. The van der Waals surface area contributed by atoms with Gasteiger partial charge >= 0.3 is 0 Å². The van der Waals surface area contributed by atoms with Crippen molar-refractivity contribution >= 4 is 11.0 Å². The van der Waals surface area contributed by atoms with Crippen molar-refractivity contribution in [2.45, 2.75) is 25.4 Å². The molecule has 1 nitrogen and oxygen atoms in total. The summed E-state index contributed by atoms with van der Waals surface area (Å²) in [5.74, 6) is 1.06. The van der Waals surface area contributed by atoms with E-state index >= 15 is 0 Å². The molecule has 0 aromatic heterocycles. The molecule has 2 heteroatoms. The van der Waals surface area contributed by atoms with E-state index in [2.05, 4.69) is 18.7 Å². The molecule has 14 heavy (non-hydrogen) atoms. The van der Waals surface area contributed by atoms with Crippen molar-refractivity contribution in [3.8, 4) is 5.75 Å². The van der Waals surface area contributed by atoms with Crippen molar-refractivity contribution in [3.63, 3.8) is 0 Å². The van der Waals surface area contributed by atoms with Gasteiger partial charge in [0, 0.05) is 17.4 Å². The number of para-hydroxylation sites is 1. The van der Waals surface area contributed by atoms with Crippen LogP contribution in [0.2, 0.25) is 0 Å². The number of hydrogen-bond acceptors (Lipinski definition) is 1. The van der Waals surface area contributed by atoms with Gasteiger partial charge in [-0.1, -0.05) is 24.3 Å². The normalized spacial score (nSPS) is 18.7. The molecule has 0 saturated heterocycles. The smallest absolute Gasteiger partial charge is 0.122 e. The van der Waals surface area contributed by atoms with E-state index in [-0.39, 0.29) is 11.0 Å². The van der Waals surface area contributed by atoms with Crippen molar-refractivity contribution in [2.24, 2.45) is 0 Å². The zero-order valence-corrected chi connectivity index (χ0v) is 9.20. The third-order valence-electron chi connectivity index (χ3n) is 2.43. The number of aryl methyl sites for hydroxylation is 1. The molecule has 2 rings (SSSR count). The fourth-order valence-corrected chi connectivity index (χ4v) is 1.73. The standard InChI is InChI=1S/C12H14O.Si/c1-2-5-11-9-8-10-6-3-4-7-12(10)13-11;/h2-4,6-7,11H,1,5,8-9H2;. The van der Waals surface area contributed by atoms with Gasteiger partial charge in [0.05, 0.1) is 0 Å². The molecule has 0 N–H and O–H groups in total. The van der Waals surface area contributed by atoms with Crippen LogP contribution in [-0.2, 0) is 6.42 Å². The average Bonchev–Trinajstić information content (AvgIpc) is 2.18. The molecule has 1 aliphatic heterocycles. The van der Waals surface area contributed by atoms with Gasteiger partial charge in [-0.05, 0) is 24.5 Å². The van der Waals surface area contributed by atoms with Crippen LogP contribution in [0.5, 0.6) is 5.75 Å². The summed E-state index contributed by atoms with van der Waals surface area (Å²) < 4.78 is 5.80. The summed E-state index contributed by atoms with van der Waals surface area (Å²) in [5, 5.41) is 0. The minimum absolute atomic E-state index is 0. The second-order valence-electron chi connectivity index (χ2n) is 3.41. The molecule has 1 aromatic carbocycles. The molecule has 0 spiro atoms. The minimum atomic E-state index is 0. The van der Waals surface area contributed by atoms with Gasteiger partial charge in [0.25, 0.3) is 0 Å². The molecular formula is C12H14OSi. The first-order valence-corrected chi connectivity index (χ1v) is 4.75. The summed E-state index contributed by atoms with van der Waals surface area (Å²) in [6.45, 7) is 3.73. The molecule has 0 fully saturated rings. The summed E-state index contributed by atoms with van der Waals surface area (Å²) in [5.41, 5.74) is 1.34. The van der Waals surface area contributed by atoms with Crippen LogP contribution in [0.15, 0.2) is 36.9 Å². The lowest BCUT2D eigenvalue weighted by Crippen LogP contribution is -2.21. The Balaban J connectivity index is 0.000000980. The Kier molecular flexibility index (Phi) is 3.95. The van der Waals surface area contributed by atoms with Gasteiger partial charge in [0.2, 0.25) is 0 Å². The molecule has 0 bridgehead atoms. The largest absolute Gasteiger partial charge is 0.490 e. The topological polar surface area (TPSA) is 9.23 Å². The van der Waals surface area contributed by atoms with Gasteiger partial charge in [-0.3, -0.25) is 0 Å². The maximum atomic E-state index is 5.80. The SMILES string of the molecule is C=CCC1CCc2ccccc2O1.[Si]. The molecule has 4 radical (unpaired) electrons. The molecule has 1 atom stereocenters. The van der Waals surface area contributed by atoms with Crippen molar-refractivity contribution in [3.05, 3.63) is 42.5 Å². The van der Waals surface area contributed by atoms with Crippen LogP contribution in [-0.4, -0.2) is 17.1 Å². The highest BCUT2D eigenvalue weighted by Gasteiger charge is 2.17. The first-order chi connectivity index (χ1) is 6.40. The molecule has 0 amide bonds. The minimum Gasteiger partial charge on any atom is -0.490 e. The summed E-state index contributed by atoms with van der Waals surface area (Å²) in [7, 11) is 0. The lowest BCUT2D eigenvalue weighted by molar-refractivity contribution is 0.176. The second-order valence-corrected chi connectivity index (χ2v) is 3.41. The maximum Gasteiger partial charge on any atom is 0.122 e. The van der Waals surface area contributed by atoms with Crippen molar-refractivity contribution < 1.29 is 4.74 Å². The van der Waals surface area contributed by atoms with E-state index in [0.29, 0.717) is 6.10 Å². The monoisotopic (exact) mass is 202 g/mol. The van der Waals surface area contributed by atoms with E-state index in [1.54, 1.807) is 0 Å². The van der Waals surface area contributed by atoms with Gasteiger partial charge in [-0.25, -0.2) is 0 Å². The molecule has 0 saturated carbocycles. The highest BCUT2D eigenvalue weighted by atomic mass is 28.1. The number of ether oxygens (including phenoxy) is 1. The van der Waals surface area contributed by atoms with Crippen molar-refractivity contribution in [2.75, 3.05) is 0 Å². The van der Waals surface area contributed by atoms with E-state index in [4.69, 9.17) is 4.74 Å². The molecule has 72 valence electrons. The number of rotatable bonds is 2. The molecule has 1 unspecified atom stereocenters. The van der Waals surface area contributed by atoms with Gasteiger partial charge in [-0.15, -0.1) is 6.58 Å². The molecular weight excluding hydrogens is 188 g/mol. The Morgan fingerprint density at radius 1 is 1.43 bits per heavy atom. The Bertz CT molecular complexity index is 309. The van der Waals surface area contributed by atoms with Crippen LogP contribution < -0.4 is 4.74 Å². The highest BCUT2D eigenvalue weighted by Crippen LogP contribution is 2.27. The van der Waals surface area contributed by atoms with E-state index < -0.39 is 0 Å². The summed E-state index contributed by atoms with van der Waals surface area (Å²) in [6.07, 6.45) is 5.47. The first-order valence-electron chi connectivity index (χ1n) is 4.75. The summed E-state index contributed by atoms with van der Waals surface area (Å²) in [4.78, 5) is 0. The fraction of sp³-hybridized carbons (Fsp3) is 0.333. The number of hydrogen-bond donors (Lipinski definition) is 0. The Morgan fingerprint density at radius 3 is 3.00 bits per heavy atom. The zero-order valence-electron chi connectivity index (χ0n) is 8.20. The lowest BCUT2D eigenvalue weighted by Gasteiger charge is -2.24. The third kappa shape index (κ3) is 2.26. The van der Waals surface area contributed by atoms with Crippen LogP contribution in [0.25, 0.3) is 0 Å². The van der Waals surface area contributed by atoms with Crippen LogP contribution in [0.1, 0.15) is 18.4 Å². The Morgan fingerprint density at radius 2 is 2.21 bits per heavy atom. The quantitative estimate of drug-likeness (QED) is 0.529. The van der Waals surface area contributed by atoms with Crippen LogP contribution in [0.4, 0.5) is 0 Å². The third-order valence-corrected chi connectivity index (χ3v) is 2.43. The van der Waals surface area contributed by atoms with Gasteiger partial charge in [0.1, 0.15) is 11.9 Å². The highest BCUT2D eigenvalue weighted by molar-refractivity contribution is 5.75. The maximum absolute atomic E-state index is 5.80. The zero-order chi connectivity index (χ0) is 9.10. The van der Waals surface area contributed by atoms with E-state index in [1.165, 1.54) is 5.56 Å². The van der Waals surface area contributed by atoms with Gasteiger partial charge in [-0.2, -0.15) is 0 Å². The average molecular weight is 202 g/mol. The molecule has 1 heterocycles. The Labute approximate surface area is 89.8 Å². The molecule has 1 aromatic rings. The van der Waals surface area contributed by atoms with Gasteiger partial charge < -0.3 is 4.74 Å². The summed E-state index contributed by atoms with van der Waals surface area (Å²) >= 11 is 0. The van der Waals surface area contributed by atoms with Crippen molar-refractivity contribution in [1.82, 2.24) is 0 Å².